The number of nitrogens with zero attached hydrogens (tertiary/aromatic N) is 1. The number of aromatic hydroxyl groups is 1. The molecule has 2 unspecified atom stereocenters. The standard InChI is InChI=1S/C36H38N2O6/c1-38-14-12-24-19-32(41-3)35(42-4)36-34(24)28(38)16-22-7-10-29(39)30(17-22)43-25-8-5-21(6-9-25)15-27-33-23(11-13-37-27)18-26(40-2)20-31(33)44-36/h5-10,17-20,27-28,37,39H,11-16H2,1-4H3. The van der Waals surface area contributed by atoms with Crippen molar-refractivity contribution in [3.05, 3.63) is 94.0 Å². The maximum Gasteiger partial charge on any atom is 0.204 e. The molecule has 0 fully saturated rings. The van der Waals surface area contributed by atoms with E-state index in [1.165, 1.54) is 5.56 Å². The van der Waals surface area contributed by atoms with Gasteiger partial charge in [0.05, 0.1) is 21.3 Å². The van der Waals surface area contributed by atoms with Crippen molar-refractivity contribution in [1.29, 1.82) is 0 Å². The minimum atomic E-state index is -0.0316. The molecule has 0 saturated heterocycles. The predicted molar refractivity (Wildman–Crippen MR) is 168 cm³/mol. The van der Waals surface area contributed by atoms with Crippen molar-refractivity contribution in [2.45, 2.75) is 37.8 Å². The molecule has 2 atom stereocenters. The number of phenols is 1. The molecule has 0 saturated carbocycles. The molecule has 8 nitrogen and oxygen atoms in total. The van der Waals surface area contributed by atoms with Crippen LogP contribution in [0.4, 0.5) is 0 Å². The van der Waals surface area contributed by atoms with Gasteiger partial charge in [0.15, 0.2) is 23.0 Å². The quantitative estimate of drug-likeness (QED) is 0.278. The molecule has 4 aromatic carbocycles. The second kappa shape index (κ2) is 11.6. The van der Waals surface area contributed by atoms with Gasteiger partial charge in [-0.1, -0.05) is 18.2 Å². The summed E-state index contributed by atoms with van der Waals surface area (Å²) >= 11 is 0. The Hall–Kier alpha value is -4.40. The summed E-state index contributed by atoms with van der Waals surface area (Å²) < 4.78 is 31.0. The zero-order valence-electron chi connectivity index (χ0n) is 25.6. The van der Waals surface area contributed by atoms with Crippen molar-refractivity contribution in [3.8, 4) is 46.0 Å². The minimum absolute atomic E-state index is 0.0204. The molecule has 4 heterocycles. The Balaban J connectivity index is 1.48. The van der Waals surface area contributed by atoms with E-state index in [-0.39, 0.29) is 17.8 Å². The largest absolute Gasteiger partial charge is 0.504 e. The summed E-state index contributed by atoms with van der Waals surface area (Å²) in [6, 6.07) is 19.9. The van der Waals surface area contributed by atoms with Crippen LogP contribution in [-0.4, -0.2) is 51.5 Å². The fraction of sp³-hybridized carbons (Fsp3) is 0.333. The van der Waals surface area contributed by atoms with Crippen molar-refractivity contribution >= 4 is 0 Å². The van der Waals surface area contributed by atoms with E-state index < -0.39 is 0 Å². The van der Waals surface area contributed by atoms with E-state index in [9.17, 15) is 5.11 Å². The highest BCUT2D eigenvalue weighted by Crippen LogP contribution is 2.51. The van der Waals surface area contributed by atoms with E-state index in [4.69, 9.17) is 23.7 Å². The number of hydrogen-bond donors (Lipinski definition) is 2. The highest BCUT2D eigenvalue weighted by molar-refractivity contribution is 5.63. The third-order valence-electron chi connectivity index (χ3n) is 9.18. The lowest BCUT2D eigenvalue weighted by Gasteiger charge is -2.37. The summed E-state index contributed by atoms with van der Waals surface area (Å²) in [7, 11) is 7.16. The Bertz CT molecular complexity index is 1700. The number of phenolic OH excluding ortho intramolecular Hbond substituents is 1. The average Bonchev–Trinajstić information content (AvgIpc) is 3.04. The van der Waals surface area contributed by atoms with Gasteiger partial charge in [-0.05, 0) is 97.9 Å². The average molecular weight is 595 g/mol. The molecule has 4 aromatic rings. The predicted octanol–water partition coefficient (Wildman–Crippen LogP) is 6.52. The normalized spacial score (nSPS) is 19.1. The van der Waals surface area contributed by atoms with Gasteiger partial charge >= 0.3 is 0 Å². The first-order valence-electron chi connectivity index (χ1n) is 15.1. The fourth-order valence-corrected chi connectivity index (χ4v) is 6.91. The molecule has 0 aliphatic carbocycles. The van der Waals surface area contributed by atoms with Gasteiger partial charge in [0.25, 0.3) is 0 Å². The lowest BCUT2D eigenvalue weighted by Crippen LogP contribution is -2.34. The van der Waals surface area contributed by atoms with Gasteiger partial charge in [-0.2, -0.15) is 0 Å². The van der Waals surface area contributed by atoms with E-state index in [1.54, 1.807) is 27.4 Å². The van der Waals surface area contributed by atoms with Gasteiger partial charge in [-0.15, -0.1) is 0 Å². The Kier molecular flexibility index (Phi) is 7.48. The number of ether oxygens (including phenoxy) is 5. The zero-order valence-corrected chi connectivity index (χ0v) is 25.6. The van der Waals surface area contributed by atoms with Crippen molar-refractivity contribution in [2.75, 3.05) is 41.5 Å². The van der Waals surface area contributed by atoms with Crippen LogP contribution in [0.3, 0.4) is 0 Å². The molecule has 44 heavy (non-hydrogen) atoms. The first-order valence-corrected chi connectivity index (χ1v) is 15.1. The van der Waals surface area contributed by atoms with Crippen LogP contribution in [0.2, 0.25) is 0 Å². The first kappa shape index (κ1) is 28.4. The molecule has 4 aliphatic rings. The van der Waals surface area contributed by atoms with Gasteiger partial charge in [0, 0.05) is 35.8 Å². The molecule has 4 aliphatic heterocycles. The second-order valence-electron chi connectivity index (χ2n) is 11.8. The van der Waals surface area contributed by atoms with E-state index >= 15 is 0 Å². The van der Waals surface area contributed by atoms with E-state index in [0.717, 1.165) is 71.7 Å². The monoisotopic (exact) mass is 594 g/mol. The van der Waals surface area contributed by atoms with Crippen molar-refractivity contribution in [1.82, 2.24) is 10.2 Å². The van der Waals surface area contributed by atoms with Crippen LogP contribution >= 0.6 is 0 Å². The van der Waals surface area contributed by atoms with Gasteiger partial charge in [-0.25, -0.2) is 0 Å². The van der Waals surface area contributed by atoms with Crippen LogP contribution in [0.1, 0.15) is 45.5 Å². The number of benzene rings is 4. The van der Waals surface area contributed by atoms with Gasteiger partial charge in [0.1, 0.15) is 17.2 Å². The Labute approximate surface area is 258 Å². The maximum absolute atomic E-state index is 10.7. The van der Waals surface area contributed by atoms with E-state index in [2.05, 4.69) is 41.5 Å². The molecule has 8 rings (SSSR count). The summed E-state index contributed by atoms with van der Waals surface area (Å²) in [5.41, 5.74) is 6.75. The SMILES string of the molecule is COc1cc2c3c(c1)Oc1c(OC)c(OC)cc4c1C(Cc1ccc(O)c(c1)Oc1ccc(cc1)CC3NCC2)N(C)CC4. The summed E-state index contributed by atoms with van der Waals surface area (Å²) in [6.07, 6.45) is 3.14. The fourth-order valence-electron chi connectivity index (χ4n) is 6.91. The number of likely N-dealkylation sites (N-methyl/N-ethyl adjacent to an activating group) is 1. The van der Waals surface area contributed by atoms with E-state index in [0.29, 0.717) is 35.2 Å². The Morgan fingerprint density at radius 3 is 2.36 bits per heavy atom. The van der Waals surface area contributed by atoms with Gasteiger partial charge < -0.3 is 34.1 Å². The van der Waals surface area contributed by atoms with Crippen LogP contribution < -0.4 is 29.0 Å². The molecule has 0 amide bonds. The van der Waals surface area contributed by atoms with Gasteiger partial charge in [0.2, 0.25) is 5.75 Å². The van der Waals surface area contributed by atoms with Crippen molar-refractivity contribution in [3.63, 3.8) is 0 Å². The van der Waals surface area contributed by atoms with Crippen LogP contribution in [0, 0.1) is 0 Å². The van der Waals surface area contributed by atoms with E-state index in [1.807, 2.05) is 30.3 Å². The van der Waals surface area contributed by atoms with Crippen LogP contribution in [0.25, 0.3) is 0 Å². The molecule has 8 heteroatoms. The molecule has 228 valence electrons. The first-order chi connectivity index (χ1) is 21.4. The molecule has 0 spiro atoms. The third kappa shape index (κ3) is 5.08. The molecular formula is C36H38N2O6. The number of nitrogens with one attached hydrogen (secondary N) is 1. The van der Waals surface area contributed by atoms with Crippen LogP contribution in [0.15, 0.2) is 60.7 Å². The van der Waals surface area contributed by atoms with Crippen LogP contribution in [-0.2, 0) is 25.7 Å². The Morgan fingerprint density at radius 2 is 1.59 bits per heavy atom. The molecule has 0 aromatic heterocycles. The topological polar surface area (TPSA) is 81.7 Å². The highest BCUT2D eigenvalue weighted by Gasteiger charge is 2.34. The zero-order chi connectivity index (χ0) is 30.4. The van der Waals surface area contributed by atoms with Gasteiger partial charge in [-0.3, -0.25) is 4.90 Å². The smallest absolute Gasteiger partial charge is 0.204 e. The Morgan fingerprint density at radius 1 is 0.795 bits per heavy atom. The highest BCUT2D eigenvalue weighted by atomic mass is 16.5. The number of fused-ring (bicyclic) bond motifs is 2. The summed E-state index contributed by atoms with van der Waals surface area (Å²) in [5, 5.41) is 14.4. The number of hydrogen-bond acceptors (Lipinski definition) is 8. The summed E-state index contributed by atoms with van der Waals surface area (Å²) in [6.45, 7) is 1.73. The lowest BCUT2D eigenvalue weighted by molar-refractivity contribution is 0.221. The van der Waals surface area contributed by atoms with Crippen molar-refractivity contribution in [2.24, 2.45) is 0 Å². The maximum atomic E-state index is 10.7. The molecule has 2 N–H and O–H groups in total. The van der Waals surface area contributed by atoms with Crippen molar-refractivity contribution < 1.29 is 28.8 Å². The third-order valence-corrected chi connectivity index (χ3v) is 9.18. The summed E-state index contributed by atoms with van der Waals surface area (Å²) in [5.74, 6) is 4.57. The second-order valence-corrected chi connectivity index (χ2v) is 11.8. The summed E-state index contributed by atoms with van der Waals surface area (Å²) in [4.78, 5) is 2.35. The van der Waals surface area contributed by atoms with Crippen LogP contribution in [0.5, 0.6) is 46.0 Å². The molecular weight excluding hydrogens is 556 g/mol. The molecule has 4 bridgehead atoms. The molecule has 0 radical (unpaired) electrons. The number of rotatable bonds is 3. The lowest BCUT2D eigenvalue weighted by atomic mass is 9.87. The minimum Gasteiger partial charge on any atom is -0.504 e. The number of methoxy groups -OCH3 is 3.